The van der Waals surface area contributed by atoms with E-state index in [-0.39, 0.29) is 5.60 Å². The Kier molecular flexibility index (Phi) is 4.32. The molecule has 2 aliphatic rings. The van der Waals surface area contributed by atoms with Crippen LogP contribution in [0, 0.1) is 5.92 Å². The van der Waals surface area contributed by atoms with Crippen molar-refractivity contribution in [2.45, 2.75) is 44.3 Å². The van der Waals surface area contributed by atoms with Gasteiger partial charge in [-0.1, -0.05) is 54.6 Å². The van der Waals surface area contributed by atoms with E-state index in [0.717, 1.165) is 42.5 Å². The summed E-state index contributed by atoms with van der Waals surface area (Å²) in [7, 11) is 0. The first-order valence-electron chi connectivity index (χ1n) is 9.58. The summed E-state index contributed by atoms with van der Waals surface area (Å²) in [5.41, 5.74) is 3.51. The van der Waals surface area contributed by atoms with Crippen LogP contribution in [0.3, 0.4) is 0 Å². The molecule has 0 atom stereocenters. The van der Waals surface area contributed by atoms with Crippen molar-refractivity contribution in [3.05, 3.63) is 60.2 Å². The van der Waals surface area contributed by atoms with Crippen LogP contribution in [0.2, 0.25) is 0 Å². The average molecular weight is 378 g/mol. The van der Waals surface area contributed by atoms with Crippen LogP contribution in [-0.4, -0.2) is 14.3 Å². The summed E-state index contributed by atoms with van der Waals surface area (Å²) in [4.78, 5) is 0. The Morgan fingerprint density at radius 3 is 2.30 bits per heavy atom. The Balaban J connectivity index is 1.24. The molecule has 4 nitrogen and oxygen atoms in total. The summed E-state index contributed by atoms with van der Waals surface area (Å²) >= 11 is 1.16. The van der Waals surface area contributed by atoms with Gasteiger partial charge in [0.15, 0.2) is 0 Å². The van der Waals surface area contributed by atoms with Gasteiger partial charge in [-0.05, 0) is 54.7 Å². The lowest BCUT2D eigenvalue weighted by Crippen LogP contribution is -2.30. The van der Waals surface area contributed by atoms with Crippen molar-refractivity contribution in [2.24, 2.45) is 5.92 Å². The van der Waals surface area contributed by atoms with Crippen molar-refractivity contribution in [3.63, 3.8) is 0 Å². The molecule has 2 saturated carbocycles. The number of rotatable bonds is 6. The van der Waals surface area contributed by atoms with Gasteiger partial charge in [0.1, 0.15) is 12.2 Å². The van der Waals surface area contributed by atoms with Crippen LogP contribution in [0.25, 0.3) is 11.1 Å². The summed E-state index contributed by atoms with van der Waals surface area (Å²) in [6, 6.07) is 18.8. The lowest BCUT2D eigenvalue weighted by Gasteiger charge is -2.26. The molecule has 3 aromatic rings. The predicted molar refractivity (Wildman–Crippen MR) is 106 cm³/mol. The first kappa shape index (κ1) is 16.8. The normalized spacial score (nSPS) is 23.5. The largest absolute Gasteiger partial charge is 0.468 e. The van der Waals surface area contributed by atoms with Gasteiger partial charge in [0.05, 0.1) is 11.7 Å². The maximum absolute atomic E-state index is 6.30. The van der Waals surface area contributed by atoms with Gasteiger partial charge in [-0.25, -0.2) is 0 Å². The number of aromatic nitrogens is 2. The minimum absolute atomic E-state index is 0.0180. The van der Waals surface area contributed by atoms with Gasteiger partial charge in [-0.3, -0.25) is 0 Å². The number of fused-ring (bicyclic) bond motifs is 2. The number of hydrogen-bond donors (Lipinski definition) is 0. The fraction of sp³-hybridized carbons (Fsp3) is 0.364. The van der Waals surface area contributed by atoms with Crippen LogP contribution < -0.4 is 9.47 Å². The molecule has 2 aliphatic carbocycles. The Morgan fingerprint density at radius 1 is 0.889 bits per heavy atom. The van der Waals surface area contributed by atoms with Gasteiger partial charge in [0.2, 0.25) is 0 Å². The van der Waals surface area contributed by atoms with Crippen LogP contribution >= 0.6 is 11.7 Å². The highest BCUT2D eigenvalue weighted by atomic mass is 32.1. The summed E-state index contributed by atoms with van der Waals surface area (Å²) < 4.78 is 20.9. The highest BCUT2D eigenvalue weighted by Crippen LogP contribution is 2.50. The fourth-order valence-electron chi connectivity index (χ4n) is 4.39. The molecular formula is C22H22N2O2S. The lowest BCUT2D eigenvalue weighted by molar-refractivity contribution is 0.0701. The van der Waals surface area contributed by atoms with Gasteiger partial charge in [-0.15, -0.1) is 8.75 Å². The first-order valence-corrected chi connectivity index (χ1v) is 10.3. The van der Waals surface area contributed by atoms with Crippen LogP contribution in [0.1, 0.15) is 37.7 Å². The topological polar surface area (TPSA) is 44.2 Å². The van der Waals surface area contributed by atoms with E-state index in [0.29, 0.717) is 18.4 Å². The molecule has 0 N–H and O–H groups in total. The molecule has 5 rings (SSSR count). The molecule has 2 fully saturated rings. The van der Waals surface area contributed by atoms with Crippen LogP contribution in [0.5, 0.6) is 11.8 Å². The van der Waals surface area contributed by atoms with E-state index in [4.69, 9.17) is 9.47 Å². The Morgan fingerprint density at radius 2 is 1.59 bits per heavy atom. The molecule has 1 heterocycles. The SMILES string of the molecule is c1ccc(-c2ccc(COc3nsnc3OC34CCC(CC3)C4)cc2)cc1. The van der Waals surface area contributed by atoms with Gasteiger partial charge in [-0.2, -0.15) is 0 Å². The molecule has 0 saturated heterocycles. The van der Waals surface area contributed by atoms with E-state index < -0.39 is 0 Å². The van der Waals surface area contributed by atoms with Crippen molar-refractivity contribution < 1.29 is 9.47 Å². The summed E-state index contributed by atoms with van der Waals surface area (Å²) in [5, 5.41) is 0. The van der Waals surface area contributed by atoms with Gasteiger partial charge < -0.3 is 9.47 Å². The molecular weight excluding hydrogens is 356 g/mol. The number of ether oxygens (including phenoxy) is 2. The maximum Gasteiger partial charge on any atom is 0.291 e. The predicted octanol–water partition coefficient (Wildman–Crippen LogP) is 5.50. The second-order valence-electron chi connectivity index (χ2n) is 7.66. The van der Waals surface area contributed by atoms with Gasteiger partial charge in [0.25, 0.3) is 11.8 Å². The fourth-order valence-corrected chi connectivity index (χ4v) is 4.82. The first-order chi connectivity index (χ1) is 13.3. The highest BCUT2D eigenvalue weighted by Gasteiger charge is 2.47. The lowest BCUT2D eigenvalue weighted by atomic mass is 9.97. The van der Waals surface area contributed by atoms with Crippen LogP contribution in [0.4, 0.5) is 0 Å². The van der Waals surface area contributed by atoms with E-state index in [9.17, 15) is 0 Å². The van der Waals surface area contributed by atoms with E-state index in [1.54, 1.807) is 0 Å². The van der Waals surface area contributed by atoms with E-state index in [2.05, 4.69) is 57.3 Å². The molecule has 138 valence electrons. The zero-order valence-corrected chi connectivity index (χ0v) is 16.0. The number of nitrogens with zero attached hydrogens (tertiary/aromatic N) is 2. The summed E-state index contributed by atoms with van der Waals surface area (Å²) in [5.74, 6) is 1.93. The zero-order chi connectivity index (χ0) is 18.1. The van der Waals surface area contributed by atoms with E-state index in [1.807, 2.05) is 6.07 Å². The third kappa shape index (κ3) is 3.44. The van der Waals surface area contributed by atoms with E-state index in [1.165, 1.54) is 24.0 Å². The standard InChI is InChI=1S/C22H22N2O2S/c1-2-4-18(5-3-1)19-8-6-17(7-9-19)15-25-20-21(24-27-23-20)26-22-12-10-16(14-22)11-13-22/h1-9,16H,10-15H2. The van der Waals surface area contributed by atoms with Crippen molar-refractivity contribution >= 4 is 11.7 Å². The average Bonchev–Trinajstić information content (AvgIpc) is 3.44. The molecule has 0 aliphatic heterocycles. The molecule has 0 radical (unpaired) electrons. The zero-order valence-electron chi connectivity index (χ0n) is 15.1. The minimum atomic E-state index is -0.0180. The molecule has 0 spiro atoms. The van der Waals surface area contributed by atoms with Crippen LogP contribution in [0.15, 0.2) is 54.6 Å². The van der Waals surface area contributed by atoms with Crippen LogP contribution in [-0.2, 0) is 6.61 Å². The molecule has 0 amide bonds. The number of hydrogen-bond acceptors (Lipinski definition) is 5. The summed E-state index contributed by atoms with van der Waals surface area (Å²) in [6.45, 7) is 0.465. The maximum atomic E-state index is 6.30. The smallest absolute Gasteiger partial charge is 0.291 e. The Hall–Kier alpha value is -2.40. The third-order valence-electron chi connectivity index (χ3n) is 5.86. The highest BCUT2D eigenvalue weighted by molar-refractivity contribution is 6.99. The van der Waals surface area contributed by atoms with Gasteiger partial charge in [0, 0.05) is 0 Å². The molecule has 2 aromatic carbocycles. The quantitative estimate of drug-likeness (QED) is 0.568. The Labute approximate surface area is 163 Å². The number of benzene rings is 2. The second-order valence-corrected chi connectivity index (χ2v) is 8.19. The van der Waals surface area contributed by atoms with Crippen molar-refractivity contribution in [1.29, 1.82) is 0 Å². The molecule has 2 bridgehead atoms. The summed E-state index contributed by atoms with van der Waals surface area (Å²) in [6.07, 6.45) is 5.99. The molecule has 0 unspecified atom stereocenters. The Bertz CT molecular complexity index is 900. The van der Waals surface area contributed by atoms with E-state index >= 15 is 0 Å². The molecule has 27 heavy (non-hydrogen) atoms. The minimum Gasteiger partial charge on any atom is -0.468 e. The van der Waals surface area contributed by atoms with Crippen molar-refractivity contribution in [3.8, 4) is 22.9 Å². The third-order valence-corrected chi connectivity index (χ3v) is 6.35. The molecule has 5 heteroatoms. The monoisotopic (exact) mass is 378 g/mol. The second kappa shape index (κ2) is 6.97. The van der Waals surface area contributed by atoms with Gasteiger partial charge >= 0.3 is 0 Å². The molecule has 1 aromatic heterocycles. The van der Waals surface area contributed by atoms with Crippen molar-refractivity contribution in [1.82, 2.24) is 8.75 Å². The van der Waals surface area contributed by atoms with Crippen molar-refractivity contribution in [2.75, 3.05) is 0 Å².